The van der Waals surface area contributed by atoms with E-state index in [1.807, 2.05) is 5.92 Å². The van der Waals surface area contributed by atoms with Crippen molar-refractivity contribution in [1.29, 1.82) is 0 Å². The van der Waals surface area contributed by atoms with E-state index in [1.165, 1.54) is 66.6 Å². The van der Waals surface area contributed by atoms with Crippen molar-refractivity contribution in [3.8, 4) is 29.2 Å². The van der Waals surface area contributed by atoms with Gasteiger partial charge in [0.1, 0.15) is 8.07 Å². The fourth-order valence-electron chi connectivity index (χ4n) is 6.44. The van der Waals surface area contributed by atoms with Crippen LogP contribution < -0.4 is 31.8 Å². The van der Waals surface area contributed by atoms with Gasteiger partial charge in [-0.05, 0) is 92.5 Å². The van der Waals surface area contributed by atoms with Crippen LogP contribution in [0.3, 0.4) is 0 Å². The van der Waals surface area contributed by atoms with Gasteiger partial charge in [-0.15, -0.1) is 17.5 Å². The van der Waals surface area contributed by atoms with Gasteiger partial charge in [-0.3, -0.25) is 14.7 Å². The summed E-state index contributed by atoms with van der Waals surface area (Å²) in [7, 11) is -2.25. The van der Waals surface area contributed by atoms with Crippen molar-refractivity contribution in [2.75, 3.05) is 0 Å². The molecule has 7 aromatic rings. The molecule has 0 aliphatic heterocycles. The summed E-state index contributed by atoms with van der Waals surface area (Å²) in [5.74, 6) is -0.162. The van der Waals surface area contributed by atoms with Gasteiger partial charge in [0.05, 0.1) is 29.1 Å². The Morgan fingerprint density at radius 3 is 0.985 bits per heavy atom. The number of halogens is 5. The maximum absolute atomic E-state index is 12.0. The Kier molecular flexibility index (Phi) is 23.8. The first-order valence-corrected chi connectivity index (χ1v) is 26.5. The largest absolute Gasteiger partial charge is 2.00 e. The molecule has 7 aromatic carbocycles. The van der Waals surface area contributed by atoms with E-state index < -0.39 is 53.0 Å². The van der Waals surface area contributed by atoms with Crippen LogP contribution >= 0.6 is 15.8 Å². The summed E-state index contributed by atoms with van der Waals surface area (Å²) >= 11 is 0. The molecule has 0 N–H and O–H groups in total. The van der Waals surface area contributed by atoms with Crippen LogP contribution in [0.4, 0.5) is 22.0 Å². The third-order valence-corrected chi connectivity index (χ3v) is 20.1. The Bertz CT molecular complexity index is 2460. The molecule has 0 bridgehead atoms. The Morgan fingerprint density at radius 1 is 0.424 bits per heavy atom. The molecule has 0 heterocycles. The van der Waals surface area contributed by atoms with E-state index in [-0.39, 0.29) is 21.1 Å². The molecule has 0 unspecified atom stereocenters. The van der Waals surface area contributed by atoms with Crippen LogP contribution in [0.2, 0.25) is 18.1 Å². The quantitative estimate of drug-likeness (QED) is 0.0257. The fourth-order valence-corrected chi connectivity index (χ4v) is 13.3. The molecule has 66 heavy (non-hydrogen) atoms. The van der Waals surface area contributed by atoms with E-state index in [0.717, 1.165) is 6.07 Å². The number of hydrogen-bond acceptors (Lipinski definition) is 0. The minimum absolute atomic E-state index is 0. The van der Waals surface area contributed by atoms with Crippen molar-refractivity contribution in [2.45, 2.75) is 59.7 Å². The summed E-state index contributed by atoms with van der Waals surface area (Å²) in [4.78, 5) is 0. The van der Waals surface area contributed by atoms with E-state index in [1.54, 1.807) is 0 Å². The molecule has 7 rings (SSSR count). The van der Waals surface area contributed by atoms with Crippen LogP contribution in [0.25, 0.3) is 0 Å². The second-order valence-electron chi connectivity index (χ2n) is 14.8. The zero-order chi connectivity index (χ0) is 47.2. The van der Waals surface area contributed by atoms with Crippen molar-refractivity contribution < 1.29 is 43.0 Å². The molecule has 0 aliphatic rings. The summed E-state index contributed by atoms with van der Waals surface area (Å²) in [6.07, 6.45) is 6.59. The zero-order valence-electron chi connectivity index (χ0n) is 37.8. The van der Waals surface area contributed by atoms with E-state index >= 15 is 0 Å². The van der Waals surface area contributed by atoms with Gasteiger partial charge in [0.2, 0.25) is 0 Å². The van der Waals surface area contributed by atoms with Crippen molar-refractivity contribution >= 4 is 55.7 Å². The van der Waals surface area contributed by atoms with E-state index in [2.05, 4.69) is 229 Å². The van der Waals surface area contributed by atoms with Crippen molar-refractivity contribution in [3.63, 3.8) is 0 Å². The summed E-state index contributed by atoms with van der Waals surface area (Å²) in [5, 5.41) is 8.43. The van der Waals surface area contributed by atoms with Crippen LogP contribution in [0, 0.1) is 91.6 Å². The SMILES string of the molecule is Cc1ccc(P(c2ccc(C)cc2)c2ccc(C)cc2)cc1.Fc1[c-]c(F)c(F)c(F)c1F.[C-]#CC#CC#C[Si](CC)(CC)CC.[Pt+2].c1ccc(P(c2ccccc2)c2ccccc2)cc1. The monoisotopic (exact) mass is 1120 g/mol. The smallest absolute Gasteiger partial charge is 0.358 e. The molecule has 0 fully saturated rings. The number of hydrogen-bond donors (Lipinski definition) is 0. The fraction of sp³-hybridized carbons (Fsp3) is 0.158. The maximum Gasteiger partial charge on any atom is 2.00 e. The zero-order valence-corrected chi connectivity index (χ0v) is 42.9. The molecular formula is C57H51F5P2PtSi. The van der Waals surface area contributed by atoms with E-state index in [4.69, 9.17) is 6.42 Å². The van der Waals surface area contributed by atoms with Gasteiger partial charge in [-0.2, -0.15) is 0 Å². The molecule has 0 saturated heterocycles. The second kappa shape index (κ2) is 28.6. The molecule has 0 aromatic heterocycles. The molecule has 0 atom stereocenters. The first-order valence-electron chi connectivity index (χ1n) is 21.2. The number of benzene rings is 7. The molecule has 0 spiro atoms. The topological polar surface area (TPSA) is 0 Å². The van der Waals surface area contributed by atoms with Gasteiger partial charge >= 0.3 is 21.1 Å². The van der Waals surface area contributed by atoms with Gasteiger partial charge in [-0.25, -0.2) is 19.1 Å². The maximum atomic E-state index is 12.0. The van der Waals surface area contributed by atoms with Crippen LogP contribution in [0.1, 0.15) is 37.5 Å². The normalized spacial score (nSPS) is 10.1. The molecule has 0 aliphatic carbocycles. The van der Waals surface area contributed by atoms with Gasteiger partial charge < -0.3 is 6.42 Å². The van der Waals surface area contributed by atoms with E-state index in [0.29, 0.717) is 0 Å². The van der Waals surface area contributed by atoms with Crippen LogP contribution in [-0.2, 0) is 21.1 Å². The van der Waals surface area contributed by atoms with Gasteiger partial charge in [0.25, 0.3) is 0 Å². The number of aryl methyl sites for hydroxylation is 3. The standard InChI is InChI=1S/C21H21P.C18H15P.C12H15Si.C6F5.Pt/c1-16-4-10-19(11-5-16)22(20-12-6-17(2)7-13-20)21-14-8-18(3)9-15-21;1-4-10-16(11-5-1)19(17-12-6-2-7-13-17)18-14-8-3-9-15-18;1-5-9-10-11-12-13(6-2,7-3)8-4;7-2-1-3(8)5(10)6(11)4(2)9;/h4-15H,1-3H3;1-15H;6-8H2,2-4H3;;/q;;2*-1;+2. The van der Waals surface area contributed by atoms with Crippen LogP contribution in [0.5, 0.6) is 0 Å². The molecule has 9 heteroatoms. The Balaban J connectivity index is 0.000000241. The minimum Gasteiger partial charge on any atom is -0.358 e. The number of rotatable bonds is 9. The van der Waals surface area contributed by atoms with Crippen LogP contribution in [0.15, 0.2) is 164 Å². The summed E-state index contributed by atoms with van der Waals surface area (Å²) in [5.41, 5.74) is 7.24. The van der Waals surface area contributed by atoms with Crippen molar-refractivity contribution in [2.24, 2.45) is 0 Å². The van der Waals surface area contributed by atoms with Crippen molar-refractivity contribution in [1.82, 2.24) is 0 Å². The van der Waals surface area contributed by atoms with E-state index in [9.17, 15) is 22.0 Å². The summed E-state index contributed by atoms with van der Waals surface area (Å²) in [6, 6.07) is 63.9. The van der Waals surface area contributed by atoms with Crippen molar-refractivity contribution in [3.05, 3.63) is 222 Å². The van der Waals surface area contributed by atoms with Crippen LogP contribution in [-0.4, -0.2) is 8.07 Å². The van der Waals surface area contributed by atoms with Gasteiger partial charge in [0, 0.05) is 0 Å². The predicted octanol–water partition coefficient (Wildman–Crippen LogP) is 12.6. The Labute approximate surface area is 407 Å². The summed E-state index contributed by atoms with van der Waals surface area (Å²) < 4.78 is 59.9. The second-order valence-corrected chi connectivity index (χ2v) is 24.2. The third-order valence-electron chi connectivity index (χ3n) is 10.5. The average molecular weight is 1120 g/mol. The van der Waals surface area contributed by atoms with Gasteiger partial charge in [0.15, 0.2) is 0 Å². The molecule has 0 radical (unpaired) electrons. The Morgan fingerprint density at radius 2 is 0.712 bits per heavy atom. The Hall–Kier alpha value is -5.36. The molecule has 0 saturated carbocycles. The minimum atomic E-state index is -2.17. The average Bonchev–Trinajstić information content (AvgIpc) is 3.34. The summed E-state index contributed by atoms with van der Waals surface area (Å²) in [6.45, 7) is 13.1. The molecular weight excluding hydrogens is 1060 g/mol. The third kappa shape index (κ3) is 16.5. The predicted molar refractivity (Wildman–Crippen MR) is 269 cm³/mol. The first kappa shape index (κ1) is 55.0. The first-order chi connectivity index (χ1) is 31.4. The molecule has 0 nitrogen and oxygen atoms in total. The molecule has 338 valence electrons. The van der Waals surface area contributed by atoms with Gasteiger partial charge in [-0.1, -0.05) is 201 Å². The molecule has 0 amide bonds.